The summed E-state index contributed by atoms with van der Waals surface area (Å²) in [5.74, 6) is 0. The van der Waals surface area contributed by atoms with Crippen molar-refractivity contribution in [2.75, 3.05) is 0 Å². The number of rotatable bonds is 4. The summed E-state index contributed by atoms with van der Waals surface area (Å²) in [7, 11) is -4.24. The number of hydrogen-bond acceptors (Lipinski definition) is 4. The number of nitrogens with zero attached hydrogens (tertiary/aromatic N) is 1. The first-order valence-corrected chi connectivity index (χ1v) is 6.11. The van der Waals surface area contributed by atoms with Gasteiger partial charge in [0.2, 0.25) is 0 Å². The van der Waals surface area contributed by atoms with E-state index >= 15 is 0 Å². The Labute approximate surface area is 99.7 Å². The van der Waals surface area contributed by atoms with Crippen LogP contribution in [0.5, 0.6) is 0 Å². The Hall–Kier alpha value is -1.79. The molecule has 0 aliphatic rings. The molecule has 0 aliphatic carbocycles. The quantitative estimate of drug-likeness (QED) is 0.490. The molecule has 1 aromatic rings. The molecule has 0 heterocycles. The second-order valence-electron chi connectivity index (χ2n) is 3.43. The molecule has 0 fully saturated rings. The molecule has 0 unspecified atom stereocenters. The zero-order chi connectivity index (χ0) is 13.1. The fourth-order valence-corrected chi connectivity index (χ4v) is 1.39. The standard InChI is InChI=1S/C11H12N2O3S/c1-8-3-6-11(13-12)7-10(8)5-4-9(2)17(14,15)16/h3-7,12H,2H2,1H3,(H,14,15,16)/b5-4-,13-12?. The summed E-state index contributed by atoms with van der Waals surface area (Å²) in [6.07, 6.45) is 2.70. The van der Waals surface area contributed by atoms with Crippen LogP contribution >= 0.6 is 0 Å². The maximum atomic E-state index is 10.7. The minimum atomic E-state index is -4.24. The zero-order valence-corrected chi connectivity index (χ0v) is 10.0. The molecule has 0 spiro atoms. The van der Waals surface area contributed by atoms with Gasteiger partial charge in [-0.05, 0) is 36.3 Å². The molecule has 17 heavy (non-hydrogen) atoms. The summed E-state index contributed by atoms with van der Waals surface area (Å²) in [6, 6.07) is 5.08. The predicted molar refractivity (Wildman–Crippen MR) is 65.7 cm³/mol. The third-order valence-corrected chi connectivity index (χ3v) is 2.97. The van der Waals surface area contributed by atoms with E-state index in [1.165, 1.54) is 12.2 Å². The van der Waals surface area contributed by atoms with Crippen molar-refractivity contribution in [1.82, 2.24) is 0 Å². The Bertz CT molecular complexity index is 589. The van der Waals surface area contributed by atoms with Gasteiger partial charge >= 0.3 is 0 Å². The van der Waals surface area contributed by atoms with Crippen LogP contribution in [0.15, 0.2) is 40.9 Å². The summed E-state index contributed by atoms with van der Waals surface area (Å²) in [4.78, 5) is -0.384. The SMILES string of the molecule is C=C(/C=C\c1cc(N=N)ccc1C)S(=O)(=O)O. The van der Waals surface area contributed by atoms with Gasteiger partial charge in [-0.25, -0.2) is 5.53 Å². The first kappa shape index (κ1) is 13.3. The monoisotopic (exact) mass is 252 g/mol. The van der Waals surface area contributed by atoms with Crippen molar-refractivity contribution in [3.8, 4) is 0 Å². The van der Waals surface area contributed by atoms with Gasteiger partial charge in [-0.3, -0.25) is 4.55 Å². The van der Waals surface area contributed by atoms with Gasteiger partial charge in [0, 0.05) is 0 Å². The minimum absolute atomic E-state index is 0.384. The van der Waals surface area contributed by atoms with E-state index in [4.69, 9.17) is 10.1 Å². The van der Waals surface area contributed by atoms with Crippen LogP contribution in [0.25, 0.3) is 6.08 Å². The van der Waals surface area contributed by atoms with E-state index in [1.807, 2.05) is 6.92 Å². The molecule has 0 bridgehead atoms. The lowest BCUT2D eigenvalue weighted by Crippen LogP contribution is -1.97. The van der Waals surface area contributed by atoms with E-state index in [1.54, 1.807) is 18.2 Å². The highest BCUT2D eigenvalue weighted by Crippen LogP contribution is 2.19. The average Bonchev–Trinajstić information content (AvgIpc) is 2.26. The molecular formula is C11H12N2O3S. The first-order valence-electron chi connectivity index (χ1n) is 4.67. The second-order valence-corrected chi connectivity index (χ2v) is 4.90. The first-order chi connectivity index (χ1) is 7.84. The summed E-state index contributed by atoms with van der Waals surface area (Å²) in [5, 5.41) is 3.27. The summed E-state index contributed by atoms with van der Waals surface area (Å²) < 4.78 is 30.1. The number of benzene rings is 1. The van der Waals surface area contributed by atoms with Crippen LogP contribution in [-0.2, 0) is 10.1 Å². The molecule has 1 aromatic carbocycles. The van der Waals surface area contributed by atoms with Crippen molar-refractivity contribution in [1.29, 1.82) is 5.53 Å². The van der Waals surface area contributed by atoms with E-state index in [-0.39, 0.29) is 4.91 Å². The average molecular weight is 252 g/mol. The molecule has 2 N–H and O–H groups in total. The largest absolute Gasteiger partial charge is 0.293 e. The van der Waals surface area contributed by atoms with Crippen LogP contribution in [0.4, 0.5) is 5.69 Å². The van der Waals surface area contributed by atoms with Gasteiger partial charge in [-0.15, -0.1) is 0 Å². The lowest BCUT2D eigenvalue weighted by atomic mass is 10.1. The van der Waals surface area contributed by atoms with Crippen LogP contribution in [0.1, 0.15) is 11.1 Å². The second kappa shape index (κ2) is 5.03. The van der Waals surface area contributed by atoms with Crippen LogP contribution in [0, 0.1) is 12.5 Å². The molecule has 0 radical (unpaired) electrons. The van der Waals surface area contributed by atoms with Crippen molar-refractivity contribution in [3.05, 3.63) is 46.9 Å². The lowest BCUT2D eigenvalue weighted by Gasteiger charge is -2.01. The molecule has 0 amide bonds. The van der Waals surface area contributed by atoms with Gasteiger partial charge in [0.1, 0.15) is 0 Å². The van der Waals surface area contributed by atoms with E-state index < -0.39 is 10.1 Å². The van der Waals surface area contributed by atoms with E-state index in [2.05, 4.69) is 11.7 Å². The topological polar surface area (TPSA) is 90.6 Å². The number of allylic oxidation sites excluding steroid dienone is 1. The van der Waals surface area contributed by atoms with Gasteiger partial charge in [0.25, 0.3) is 10.1 Å². The van der Waals surface area contributed by atoms with Gasteiger partial charge in [-0.1, -0.05) is 18.7 Å². The van der Waals surface area contributed by atoms with Crippen molar-refractivity contribution < 1.29 is 13.0 Å². The maximum absolute atomic E-state index is 10.7. The van der Waals surface area contributed by atoms with Gasteiger partial charge in [-0.2, -0.15) is 13.5 Å². The lowest BCUT2D eigenvalue weighted by molar-refractivity contribution is 0.492. The van der Waals surface area contributed by atoms with Crippen LogP contribution in [0.2, 0.25) is 0 Å². The molecule has 0 saturated carbocycles. The van der Waals surface area contributed by atoms with Crippen LogP contribution in [-0.4, -0.2) is 13.0 Å². The molecular weight excluding hydrogens is 240 g/mol. The Morgan fingerprint density at radius 1 is 1.53 bits per heavy atom. The number of aryl methyl sites for hydroxylation is 1. The Morgan fingerprint density at radius 3 is 2.71 bits per heavy atom. The molecule has 1 rings (SSSR count). The smallest absolute Gasteiger partial charge is 0.282 e. The molecule has 90 valence electrons. The molecule has 0 atom stereocenters. The molecule has 0 saturated heterocycles. The van der Waals surface area contributed by atoms with E-state index in [0.29, 0.717) is 11.3 Å². The van der Waals surface area contributed by atoms with Crippen molar-refractivity contribution in [2.24, 2.45) is 5.11 Å². The van der Waals surface area contributed by atoms with Crippen LogP contribution in [0.3, 0.4) is 0 Å². The van der Waals surface area contributed by atoms with Gasteiger partial charge in [0.15, 0.2) is 0 Å². The van der Waals surface area contributed by atoms with Gasteiger partial charge in [0.05, 0.1) is 10.6 Å². The minimum Gasteiger partial charge on any atom is -0.282 e. The maximum Gasteiger partial charge on any atom is 0.293 e. The molecule has 5 nitrogen and oxygen atoms in total. The summed E-state index contributed by atoms with van der Waals surface area (Å²) >= 11 is 0. The van der Waals surface area contributed by atoms with Crippen LogP contribution < -0.4 is 0 Å². The number of hydrogen-bond donors (Lipinski definition) is 2. The number of nitrogens with one attached hydrogen (secondary N) is 1. The van der Waals surface area contributed by atoms with Crippen molar-refractivity contribution in [2.45, 2.75) is 6.92 Å². The molecule has 6 heteroatoms. The van der Waals surface area contributed by atoms with Crippen molar-refractivity contribution in [3.63, 3.8) is 0 Å². The highest BCUT2D eigenvalue weighted by atomic mass is 32.2. The predicted octanol–water partition coefficient (Wildman–Crippen LogP) is 3.07. The fourth-order valence-electron chi connectivity index (χ4n) is 1.15. The zero-order valence-electron chi connectivity index (χ0n) is 9.21. The van der Waals surface area contributed by atoms with E-state index in [9.17, 15) is 8.42 Å². The Kier molecular flexibility index (Phi) is 3.93. The third kappa shape index (κ3) is 3.61. The van der Waals surface area contributed by atoms with Gasteiger partial charge < -0.3 is 0 Å². The third-order valence-electron chi connectivity index (χ3n) is 2.17. The van der Waals surface area contributed by atoms with Crippen molar-refractivity contribution >= 4 is 21.9 Å². The highest BCUT2D eigenvalue weighted by molar-refractivity contribution is 7.90. The summed E-state index contributed by atoms with van der Waals surface area (Å²) in [6.45, 7) is 5.06. The normalized spacial score (nSPS) is 11.6. The molecule has 0 aromatic heterocycles. The Morgan fingerprint density at radius 2 is 2.18 bits per heavy atom. The fraction of sp³-hybridized carbons (Fsp3) is 0.0909. The Balaban J connectivity index is 3.07. The molecule has 0 aliphatic heterocycles. The summed E-state index contributed by atoms with van der Waals surface area (Å²) in [5.41, 5.74) is 8.95. The van der Waals surface area contributed by atoms with E-state index in [0.717, 1.165) is 5.56 Å². The highest BCUT2D eigenvalue weighted by Gasteiger charge is 2.06.